The molecule has 0 saturated heterocycles. The Morgan fingerprint density at radius 2 is 2.15 bits per heavy atom. The van der Waals surface area contributed by atoms with Crippen molar-refractivity contribution in [3.8, 4) is 0 Å². The van der Waals surface area contributed by atoms with Crippen molar-refractivity contribution < 1.29 is 17.9 Å². The number of hydrogen-bond donors (Lipinski definition) is 2. The van der Waals surface area contributed by atoms with Crippen LogP contribution in [0.1, 0.15) is 17.2 Å². The first kappa shape index (κ1) is 15.1. The number of aliphatic hydroxyl groups excluding tert-OH is 1. The summed E-state index contributed by atoms with van der Waals surface area (Å²) in [7, 11) is -3.72. The Kier molecular flexibility index (Phi) is 4.49. The number of hydrogen-bond acceptors (Lipinski definition) is 4. The highest BCUT2D eigenvalue weighted by atomic mass is 35.5. The normalized spacial score (nSPS) is 13.3. The molecule has 1 aromatic heterocycles. The molecule has 5 nitrogen and oxygen atoms in total. The van der Waals surface area contributed by atoms with Gasteiger partial charge in [0, 0.05) is 17.1 Å². The van der Waals surface area contributed by atoms with Crippen molar-refractivity contribution in [1.82, 2.24) is 4.72 Å². The van der Waals surface area contributed by atoms with Gasteiger partial charge in [-0.2, -0.15) is 0 Å². The first-order valence-corrected chi connectivity index (χ1v) is 7.73. The van der Waals surface area contributed by atoms with E-state index in [1.54, 1.807) is 25.1 Å². The average Bonchev–Trinajstić information content (AvgIpc) is 2.93. The largest absolute Gasteiger partial charge is 0.472 e. The smallest absolute Gasteiger partial charge is 0.240 e. The Morgan fingerprint density at radius 3 is 2.80 bits per heavy atom. The third-order valence-electron chi connectivity index (χ3n) is 2.90. The van der Waals surface area contributed by atoms with Gasteiger partial charge in [-0.05, 0) is 30.7 Å². The van der Waals surface area contributed by atoms with Gasteiger partial charge in [0.15, 0.2) is 0 Å². The molecule has 1 unspecified atom stereocenters. The van der Waals surface area contributed by atoms with E-state index in [-0.39, 0.29) is 11.4 Å². The molecule has 2 aromatic rings. The third-order valence-corrected chi connectivity index (χ3v) is 4.88. The van der Waals surface area contributed by atoms with Crippen molar-refractivity contribution in [2.75, 3.05) is 6.54 Å². The van der Waals surface area contributed by atoms with Gasteiger partial charge in [0.2, 0.25) is 10.0 Å². The molecule has 1 atom stereocenters. The maximum absolute atomic E-state index is 12.2. The van der Waals surface area contributed by atoms with Gasteiger partial charge < -0.3 is 9.52 Å². The van der Waals surface area contributed by atoms with Crippen LogP contribution in [0.25, 0.3) is 0 Å². The zero-order valence-electron chi connectivity index (χ0n) is 10.7. The van der Waals surface area contributed by atoms with Crippen LogP contribution in [0, 0.1) is 6.92 Å². The fourth-order valence-electron chi connectivity index (χ4n) is 1.73. The van der Waals surface area contributed by atoms with Crippen LogP contribution in [0.2, 0.25) is 5.02 Å². The molecule has 0 amide bonds. The van der Waals surface area contributed by atoms with Crippen LogP contribution in [-0.4, -0.2) is 20.1 Å². The standard InChI is InChI=1S/C13H14ClNO4S/c1-9-11(14)3-2-4-13(9)20(17,18)15-7-12(16)10-5-6-19-8-10/h2-6,8,12,15-16H,7H2,1H3. The van der Waals surface area contributed by atoms with Gasteiger partial charge in [0.25, 0.3) is 0 Å². The summed E-state index contributed by atoms with van der Waals surface area (Å²) in [5.41, 5.74) is 0.981. The van der Waals surface area contributed by atoms with Crippen LogP contribution < -0.4 is 4.72 Å². The van der Waals surface area contributed by atoms with E-state index in [1.165, 1.54) is 18.6 Å². The lowest BCUT2D eigenvalue weighted by atomic mass is 10.2. The monoisotopic (exact) mass is 315 g/mol. The molecule has 0 aliphatic rings. The fraction of sp³-hybridized carbons (Fsp3) is 0.231. The van der Waals surface area contributed by atoms with Gasteiger partial charge in [0.1, 0.15) is 0 Å². The van der Waals surface area contributed by atoms with Gasteiger partial charge in [-0.3, -0.25) is 0 Å². The summed E-state index contributed by atoms with van der Waals surface area (Å²) in [5.74, 6) is 0. The van der Waals surface area contributed by atoms with Crippen LogP contribution >= 0.6 is 11.6 Å². The van der Waals surface area contributed by atoms with E-state index in [1.807, 2.05) is 0 Å². The highest BCUT2D eigenvalue weighted by molar-refractivity contribution is 7.89. The molecule has 20 heavy (non-hydrogen) atoms. The van der Waals surface area contributed by atoms with Crippen molar-refractivity contribution >= 4 is 21.6 Å². The van der Waals surface area contributed by atoms with Crippen LogP contribution in [0.15, 0.2) is 46.1 Å². The molecule has 0 fully saturated rings. The molecular formula is C13H14ClNO4S. The minimum atomic E-state index is -3.72. The molecule has 0 aliphatic heterocycles. The quantitative estimate of drug-likeness (QED) is 0.887. The molecule has 2 N–H and O–H groups in total. The average molecular weight is 316 g/mol. The molecule has 0 aliphatic carbocycles. The van der Waals surface area contributed by atoms with E-state index < -0.39 is 16.1 Å². The van der Waals surface area contributed by atoms with E-state index in [0.29, 0.717) is 16.1 Å². The maximum atomic E-state index is 12.2. The first-order valence-electron chi connectivity index (χ1n) is 5.87. The highest BCUT2D eigenvalue weighted by Crippen LogP contribution is 2.23. The lowest BCUT2D eigenvalue weighted by molar-refractivity contribution is 0.181. The summed E-state index contributed by atoms with van der Waals surface area (Å²) in [6.45, 7) is 1.48. The van der Waals surface area contributed by atoms with Gasteiger partial charge >= 0.3 is 0 Å². The summed E-state index contributed by atoms with van der Waals surface area (Å²) in [4.78, 5) is 0.101. The number of sulfonamides is 1. The minimum Gasteiger partial charge on any atom is -0.472 e. The van der Waals surface area contributed by atoms with Crippen LogP contribution in [-0.2, 0) is 10.0 Å². The van der Waals surface area contributed by atoms with Crippen LogP contribution in [0.4, 0.5) is 0 Å². The summed E-state index contributed by atoms with van der Waals surface area (Å²) in [6.07, 6.45) is 1.81. The lowest BCUT2D eigenvalue weighted by Crippen LogP contribution is -2.29. The maximum Gasteiger partial charge on any atom is 0.240 e. The van der Waals surface area contributed by atoms with Gasteiger partial charge in [-0.15, -0.1) is 0 Å². The number of aliphatic hydroxyl groups is 1. The van der Waals surface area contributed by atoms with Gasteiger partial charge in [0.05, 0.1) is 23.5 Å². The molecule has 7 heteroatoms. The Bertz CT molecular complexity index is 682. The lowest BCUT2D eigenvalue weighted by Gasteiger charge is -2.12. The minimum absolute atomic E-state index is 0.101. The molecular weight excluding hydrogens is 302 g/mol. The SMILES string of the molecule is Cc1c(Cl)cccc1S(=O)(=O)NCC(O)c1ccoc1. The van der Waals surface area contributed by atoms with Crippen LogP contribution in [0.3, 0.4) is 0 Å². The molecule has 0 saturated carbocycles. The van der Waals surface area contributed by atoms with Crippen molar-refractivity contribution in [2.24, 2.45) is 0 Å². The van der Waals surface area contributed by atoms with Crippen LogP contribution in [0.5, 0.6) is 0 Å². The van der Waals surface area contributed by atoms with Crippen molar-refractivity contribution in [3.05, 3.63) is 52.9 Å². The Labute approximate surface area is 122 Å². The second-order valence-corrected chi connectivity index (χ2v) is 6.43. The molecule has 1 heterocycles. The third kappa shape index (κ3) is 3.21. The second kappa shape index (κ2) is 5.97. The molecule has 0 radical (unpaired) electrons. The zero-order valence-corrected chi connectivity index (χ0v) is 12.3. The fourth-order valence-corrected chi connectivity index (χ4v) is 3.26. The molecule has 108 valence electrons. The summed E-state index contributed by atoms with van der Waals surface area (Å²) in [6, 6.07) is 6.23. The first-order chi connectivity index (χ1) is 9.42. The topological polar surface area (TPSA) is 79.5 Å². The molecule has 1 aromatic carbocycles. The highest BCUT2D eigenvalue weighted by Gasteiger charge is 2.20. The van der Waals surface area contributed by atoms with Crippen molar-refractivity contribution in [1.29, 1.82) is 0 Å². The van der Waals surface area contributed by atoms with E-state index in [4.69, 9.17) is 16.0 Å². The predicted molar refractivity (Wildman–Crippen MR) is 75.0 cm³/mol. The molecule has 2 rings (SSSR count). The Hall–Kier alpha value is -1.34. The summed E-state index contributed by atoms with van der Waals surface area (Å²) < 4.78 is 31.5. The number of nitrogens with one attached hydrogen (secondary N) is 1. The Morgan fingerprint density at radius 1 is 1.40 bits per heavy atom. The van der Waals surface area contributed by atoms with Crippen molar-refractivity contribution in [3.63, 3.8) is 0 Å². The molecule has 0 bridgehead atoms. The van der Waals surface area contributed by atoms with E-state index in [9.17, 15) is 13.5 Å². The number of halogens is 1. The predicted octanol–water partition coefficient (Wildman–Crippen LogP) is 2.25. The number of rotatable bonds is 5. The van der Waals surface area contributed by atoms with Gasteiger partial charge in [-0.25, -0.2) is 13.1 Å². The summed E-state index contributed by atoms with van der Waals surface area (Å²) in [5, 5.41) is 10.2. The Balaban J connectivity index is 2.14. The second-order valence-electron chi connectivity index (χ2n) is 4.29. The summed E-state index contributed by atoms with van der Waals surface area (Å²) >= 11 is 5.91. The van der Waals surface area contributed by atoms with Gasteiger partial charge in [-0.1, -0.05) is 17.7 Å². The zero-order chi connectivity index (χ0) is 14.8. The van der Waals surface area contributed by atoms with E-state index in [0.717, 1.165) is 0 Å². The number of benzene rings is 1. The van der Waals surface area contributed by atoms with Crippen molar-refractivity contribution in [2.45, 2.75) is 17.9 Å². The van der Waals surface area contributed by atoms with E-state index in [2.05, 4.69) is 4.72 Å². The number of furan rings is 1. The van der Waals surface area contributed by atoms with E-state index >= 15 is 0 Å². The molecule has 0 spiro atoms.